The van der Waals surface area contributed by atoms with E-state index in [1.54, 1.807) is 0 Å². The number of rotatable bonds is 14. The number of nitrogens with zero attached hydrogens (tertiary/aromatic N) is 4. The summed E-state index contributed by atoms with van der Waals surface area (Å²) in [6, 6.07) is 29.0. The minimum atomic E-state index is -0.0259. The van der Waals surface area contributed by atoms with Crippen LogP contribution in [0.3, 0.4) is 0 Å². The number of hydrogen-bond acceptors (Lipinski definition) is 9. The highest BCUT2D eigenvalue weighted by Crippen LogP contribution is 2.35. The standard InChI is InChI=1S/C31H34N4O3.C24H27BrN4O2/c1-20-14-25(8-9-26(20)31(37)34-24-6-7-24)35-19-33-30-28(32-17-21-10-12-38-13-11-21)15-23(16-29(30)35)27-5-3-2-4-22(27)18-36;1-15-10-19(4-5-20(15)24(30)28-18-2-3-18)29-14-27-23-21(11-17(25)12-22(23)29)26-13-16-6-8-31-9-7-16/h2-5,8-9,14-16,19,21,24,32,36H,6-7,10-13,17-18H2,1H3,(H,34,37);4-5,10-12,14,16,18,26H,2-3,6-9,13H2,1H3,(H,28,30). The highest BCUT2D eigenvalue weighted by atomic mass is 79.9. The number of hydrogen-bond donors (Lipinski definition) is 5. The number of amides is 2. The first-order valence-corrected chi connectivity index (χ1v) is 25.3. The lowest BCUT2D eigenvalue weighted by atomic mass is 9.98. The fraction of sp³-hybridized carbons (Fsp3) is 0.382. The summed E-state index contributed by atoms with van der Waals surface area (Å²) in [6.07, 6.45) is 12.3. The molecule has 13 nitrogen and oxygen atoms in total. The van der Waals surface area contributed by atoms with Crippen molar-refractivity contribution in [3.63, 3.8) is 0 Å². The molecule has 2 saturated heterocycles. The number of carbonyl (C=O) groups excluding carboxylic acids is 2. The maximum absolute atomic E-state index is 12.7. The van der Waals surface area contributed by atoms with Crippen LogP contribution in [0.25, 0.3) is 44.6 Å². The van der Waals surface area contributed by atoms with Crippen LogP contribution in [0.1, 0.15) is 88.8 Å². The van der Waals surface area contributed by atoms with E-state index in [0.717, 1.165) is 174 Å². The highest BCUT2D eigenvalue weighted by molar-refractivity contribution is 9.10. The fourth-order valence-corrected chi connectivity index (χ4v) is 9.92. The van der Waals surface area contributed by atoms with Crippen molar-refractivity contribution in [2.75, 3.05) is 50.2 Å². The third-order valence-corrected chi connectivity index (χ3v) is 14.4. The van der Waals surface area contributed by atoms with E-state index in [1.807, 2.05) is 81.1 Å². The SMILES string of the molecule is Cc1cc(-n2cnc3c(NCC4CCOCC4)cc(-c4ccccc4CO)cc32)ccc1C(=O)NC1CC1.Cc1cc(-n2cnc3c(NCC4CCOCC4)cc(Br)cc32)ccc1C(=O)NC1CC1. The minimum Gasteiger partial charge on any atom is -0.392 e. The van der Waals surface area contributed by atoms with Crippen LogP contribution in [0.5, 0.6) is 0 Å². The van der Waals surface area contributed by atoms with E-state index in [9.17, 15) is 14.7 Å². The van der Waals surface area contributed by atoms with E-state index in [2.05, 4.69) is 76.7 Å². The van der Waals surface area contributed by atoms with Gasteiger partial charge in [-0.25, -0.2) is 9.97 Å². The summed E-state index contributed by atoms with van der Waals surface area (Å²) in [5, 5.41) is 23.5. The first-order chi connectivity index (χ1) is 33.7. The molecular formula is C55H61BrN8O5. The Bertz CT molecular complexity index is 2980. The molecule has 2 aromatic heterocycles. The molecule has 69 heavy (non-hydrogen) atoms. The topological polar surface area (TPSA) is 157 Å². The Morgan fingerprint density at radius 2 is 1.13 bits per heavy atom. The zero-order valence-corrected chi connectivity index (χ0v) is 41.0. The monoisotopic (exact) mass is 992 g/mol. The average molecular weight is 994 g/mol. The van der Waals surface area contributed by atoms with E-state index in [-0.39, 0.29) is 18.4 Å². The first-order valence-electron chi connectivity index (χ1n) is 24.5. The van der Waals surface area contributed by atoms with Gasteiger partial charge in [-0.3, -0.25) is 18.7 Å². The number of ether oxygens (including phenoxy) is 2. The Labute approximate surface area is 411 Å². The summed E-state index contributed by atoms with van der Waals surface area (Å²) in [4.78, 5) is 34.7. The summed E-state index contributed by atoms with van der Waals surface area (Å²) in [6.45, 7) is 9.05. The predicted octanol–water partition coefficient (Wildman–Crippen LogP) is 10.1. The fourth-order valence-electron chi connectivity index (χ4n) is 9.47. The van der Waals surface area contributed by atoms with Crippen LogP contribution in [0, 0.1) is 25.7 Å². The van der Waals surface area contributed by atoms with Gasteiger partial charge in [0.2, 0.25) is 0 Å². The zero-order chi connectivity index (χ0) is 47.4. The lowest BCUT2D eigenvalue weighted by Gasteiger charge is -2.23. The Kier molecular flexibility index (Phi) is 14.1. The molecule has 7 aromatic rings. The van der Waals surface area contributed by atoms with E-state index in [1.165, 1.54) is 0 Å². The lowest BCUT2D eigenvalue weighted by molar-refractivity contribution is 0.0698. The summed E-state index contributed by atoms with van der Waals surface area (Å²) in [5.41, 5.74) is 14.1. The quantitative estimate of drug-likeness (QED) is 0.0716. The van der Waals surface area contributed by atoms with Crippen molar-refractivity contribution in [2.45, 2.75) is 83.9 Å². The molecule has 4 heterocycles. The van der Waals surface area contributed by atoms with Crippen LogP contribution in [-0.2, 0) is 16.1 Å². The van der Waals surface area contributed by atoms with E-state index in [0.29, 0.717) is 29.5 Å². The number of fused-ring (bicyclic) bond motifs is 2. The molecule has 2 aliphatic heterocycles. The number of anilines is 2. The molecule has 358 valence electrons. The van der Waals surface area contributed by atoms with Gasteiger partial charge in [0.05, 0.1) is 29.0 Å². The molecule has 5 N–H and O–H groups in total. The normalized spacial score (nSPS) is 16.5. The smallest absolute Gasteiger partial charge is 0.251 e. The van der Waals surface area contributed by atoms with Crippen LogP contribution in [0.15, 0.2) is 102 Å². The summed E-state index contributed by atoms with van der Waals surface area (Å²) < 4.78 is 16.2. The van der Waals surface area contributed by atoms with Crippen molar-refractivity contribution >= 4 is 61.2 Å². The number of benzene rings is 5. The van der Waals surface area contributed by atoms with Crippen molar-refractivity contribution in [3.05, 3.63) is 130 Å². The maximum Gasteiger partial charge on any atom is 0.251 e. The highest BCUT2D eigenvalue weighted by Gasteiger charge is 2.26. The number of aryl methyl sites for hydroxylation is 2. The summed E-state index contributed by atoms with van der Waals surface area (Å²) >= 11 is 3.66. The van der Waals surface area contributed by atoms with E-state index >= 15 is 0 Å². The van der Waals surface area contributed by atoms with Crippen LogP contribution >= 0.6 is 15.9 Å². The second kappa shape index (κ2) is 20.9. The molecule has 14 heteroatoms. The Morgan fingerprint density at radius 3 is 1.62 bits per heavy atom. The number of imidazole rings is 2. The molecule has 4 aliphatic rings. The average Bonchev–Trinajstić information content (AvgIpc) is 4.29. The number of carbonyl (C=O) groups is 2. The number of nitrogens with one attached hydrogen (secondary N) is 4. The number of aliphatic hydroxyl groups excluding tert-OH is 1. The van der Waals surface area contributed by atoms with Gasteiger partial charge in [-0.15, -0.1) is 0 Å². The third kappa shape index (κ3) is 10.9. The van der Waals surface area contributed by atoms with Gasteiger partial charge in [0, 0.05) is 78.6 Å². The van der Waals surface area contributed by atoms with Crippen LogP contribution < -0.4 is 21.3 Å². The van der Waals surface area contributed by atoms with Gasteiger partial charge in [0.1, 0.15) is 23.7 Å². The maximum atomic E-state index is 12.7. The Morgan fingerprint density at radius 1 is 0.638 bits per heavy atom. The molecule has 0 radical (unpaired) electrons. The van der Waals surface area contributed by atoms with Crippen LogP contribution in [-0.4, -0.2) is 87.6 Å². The predicted molar refractivity (Wildman–Crippen MR) is 276 cm³/mol. The van der Waals surface area contributed by atoms with Crippen molar-refractivity contribution in [1.82, 2.24) is 29.7 Å². The first kappa shape index (κ1) is 46.7. The largest absolute Gasteiger partial charge is 0.392 e. The Hall–Kier alpha value is -6.06. The molecule has 2 saturated carbocycles. The van der Waals surface area contributed by atoms with Gasteiger partial charge in [0.25, 0.3) is 11.8 Å². The zero-order valence-electron chi connectivity index (χ0n) is 39.4. The molecule has 0 unspecified atom stereocenters. The minimum absolute atomic E-state index is 0.00506. The molecule has 11 rings (SSSR count). The van der Waals surface area contributed by atoms with Gasteiger partial charge >= 0.3 is 0 Å². The molecule has 5 aromatic carbocycles. The molecule has 0 atom stereocenters. The molecule has 0 spiro atoms. The van der Waals surface area contributed by atoms with Crippen molar-refractivity contribution in [2.24, 2.45) is 11.8 Å². The van der Waals surface area contributed by atoms with E-state index in [4.69, 9.17) is 19.4 Å². The number of aliphatic hydroxyl groups is 1. The third-order valence-electron chi connectivity index (χ3n) is 13.9. The molecule has 0 bridgehead atoms. The molecule has 2 amide bonds. The second-order valence-electron chi connectivity index (χ2n) is 19.1. The van der Waals surface area contributed by atoms with Crippen LogP contribution in [0.2, 0.25) is 0 Å². The van der Waals surface area contributed by atoms with Crippen molar-refractivity contribution in [1.29, 1.82) is 0 Å². The second-order valence-corrected chi connectivity index (χ2v) is 20.0. The van der Waals surface area contributed by atoms with Gasteiger partial charge in [0.15, 0.2) is 0 Å². The van der Waals surface area contributed by atoms with E-state index < -0.39 is 0 Å². The van der Waals surface area contributed by atoms with Gasteiger partial charge < -0.3 is 35.8 Å². The molecule has 2 aliphatic carbocycles. The number of halogens is 1. The molecule has 4 fully saturated rings. The lowest BCUT2D eigenvalue weighted by Crippen LogP contribution is -2.26. The molecular weight excluding hydrogens is 933 g/mol. The van der Waals surface area contributed by atoms with Crippen molar-refractivity contribution < 1.29 is 24.2 Å². The van der Waals surface area contributed by atoms with Gasteiger partial charge in [-0.05, 0) is 166 Å². The van der Waals surface area contributed by atoms with Crippen molar-refractivity contribution in [3.8, 4) is 22.5 Å². The number of aromatic nitrogens is 4. The summed E-state index contributed by atoms with van der Waals surface area (Å²) in [5.74, 6) is 1.20. The summed E-state index contributed by atoms with van der Waals surface area (Å²) in [7, 11) is 0. The Balaban J connectivity index is 0.000000164. The van der Waals surface area contributed by atoms with Gasteiger partial charge in [-0.1, -0.05) is 40.2 Å². The van der Waals surface area contributed by atoms with Crippen LogP contribution in [0.4, 0.5) is 11.4 Å². The van der Waals surface area contributed by atoms with Gasteiger partial charge in [-0.2, -0.15) is 0 Å².